The molecule has 13 rings (SSSR count). The minimum Gasteiger partial charge on any atom is -0.508 e. The van der Waals surface area contributed by atoms with Crippen LogP contribution < -0.4 is 23.7 Å². The Morgan fingerprint density at radius 3 is 0.773 bits per heavy atom. The third kappa shape index (κ3) is 46.6. The van der Waals surface area contributed by atoms with Gasteiger partial charge in [-0.25, -0.2) is 0 Å². The molecule has 0 radical (unpaired) electrons. The SMILES string of the molecule is C=CCOCCCCCCOc1ccc(-c2ccc(O)c(Cl)c2)cc1Cl.C=CCOCCCCCCOc1ccc(-c2ccc(OCC3(CC)COC3)c(Cl)c2)cc1Cl.CCC1(CI)COC1.CCO[SiH](OCC)OCC.CCO[Si](CCCOCCCCCCOc1ccc(-c2ccc(OCC3(CC)COC3)c(Cl)c2)cc1Cl)(OCC)OCC.Oc1ccc(-c2ccc(O)c(Cl)c2)cc1Cl.Oc1ccc(-c2ccc(O)cc2)cc1. The van der Waals surface area contributed by atoms with Gasteiger partial charge in [-0.15, -0.1) is 13.2 Å². The van der Waals surface area contributed by atoms with Gasteiger partial charge in [-0.2, -0.15) is 0 Å². The van der Waals surface area contributed by atoms with Gasteiger partial charge >= 0.3 is 18.3 Å². The standard InChI is InChI=1S/C33H50Cl2O7Si.C27H34Cl2O4.C21H24Cl2O3.C12H8Cl2O2.C12H10O2.C6H11IO.C6H16O3Si/c1-5-33(24-37-25-33)26-39-32-17-15-28(23-30(32)35)27-14-16-31(29(34)22-27)38-20-12-10-9-11-18-36-19-13-21-43(40-6-2,41-7-3)42-8-4;1-3-13-30-14-7-5-6-8-15-32-25-11-9-21(16-23(25)28)22-10-12-26(24(29)17-22)33-20-27(4-2)18-31-19-27;1-2-11-25-12-5-3-4-6-13-26-21-10-8-17(15-19(21)23)16-7-9-20(24)18(22)14-16;13-9-5-7(1-3-11(9)15)8-2-4-12(16)10(14)6-8;13-11-5-1-9(2-6-11)10-3-7-12(14)8-4-10;1-2-6(3-7)4-8-5-6;1-4-7-10(8-5-2)9-6-3/h14-17,22-23H,5-13,18-21,24-26H2,1-4H3;3,9-12,16-17H,1,4-8,13-15,18-20H2,2H3;2,7-10,14-15,24H,1,3-6,11-13H2;1-6,15-16H;1-8,13-14H;2-5H2,1H3;10H,4-6H2,1-3H3. The molecular weight excluding hydrogens is 2220 g/mol. The minimum atomic E-state index is -2.57. The fourth-order valence-corrected chi connectivity index (χ4v) is 21.4. The first-order valence-corrected chi connectivity index (χ1v) is 59.7. The largest absolute Gasteiger partial charge is 0.508 e. The Balaban J connectivity index is 0.000000253. The number of ether oxygens (including phenoxy) is 11. The fraction of sp³-hybridized carbons (Fsp3) is 0.453. The molecule has 3 saturated heterocycles. The van der Waals surface area contributed by atoms with Crippen LogP contribution in [0.3, 0.4) is 0 Å². The van der Waals surface area contributed by atoms with Crippen LogP contribution in [0.1, 0.15) is 165 Å². The Morgan fingerprint density at radius 1 is 0.300 bits per heavy atom. The van der Waals surface area contributed by atoms with Crippen LogP contribution in [0, 0.1) is 16.2 Å². The van der Waals surface area contributed by atoms with E-state index >= 15 is 0 Å². The molecule has 0 spiro atoms. The van der Waals surface area contributed by atoms with Crippen LogP contribution in [0.4, 0.5) is 0 Å². The Kier molecular flexibility index (Phi) is 63.3. The normalized spacial score (nSPS) is 13.3. The number of unbranched alkanes of at least 4 members (excludes halogenated alkanes) is 9. The first kappa shape index (κ1) is 130. The van der Waals surface area contributed by atoms with Gasteiger partial charge in [-0.05, 0) is 302 Å². The van der Waals surface area contributed by atoms with Crippen molar-refractivity contribution in [2.45, 2.75) is 171 Å². The summed E-state index contributed by atoms with van der Waals surface area (Å²) in [5.41, 5.74) is 10.2. The summed E-state index contributed by atoms with van der Waals surface area (Å²) in [4.78, 5) is 0. The van der Waals surface area contributed by atoms with Crippen LogP contribution in [0.2, 0.25) is 46.2 Å². The highest BCUT2D eigenvalue weighted by molar-refractivity contribution is 14.1. The smallest absolute Gasteiger partial charge is 0.501 e. The maximum Gasteiger partial charge on any atom is 0.501 e. The lowest BCUT2D eigenvalue weighted by molar-refractivity contribution is -0.133. The van der Waals surface area contributed by atoms with E-state index in [1.54, 1.807) is 78.9 Å². The molecule has 0 aliphatic carbocycles. The first-order chi connectivity index (χ1) is 72.6. The lowest BCUT2D eigenvalue weighted by Gasteiger charge is -2.40. The van der Waals surface area contributed by atoms with Crippen LogP contribution >= 0.6 is 115 Å². The Hall–Kier alpha value is -7.32. The number of aromatic hydroxyl groups is 5. The van der Waals surface area contributed by atoms with Crippen LogP contribution in [0.5, 0.6) is 57.5 Å². The third-order valence-electron chi connectivity index (χ3n) is 24.5. The number of rotatable bonds is 59. The van der Waals surface area contributed by atoms with E-state index in [1.165, 1.54) is 23.0 Å². The molecule has 3 heterocycles. The molecule has 5 N–H and O–H groups in total. The molecule has 3 fully saturated rings. The van der Waals surface area contributed by atoms with Gasteiger partial charge in [-0.1, -0.05) is 240 Å². The van der Waals surface area contributed by atoms with Crippen LogP contribution in [-0.2, 0) is 55.0 Å². The molecule has 0 aromatic heterocycles. The van der Waals surface area contributed by atoms with E-state index in [2.05, 4.69) is 56.5 Å². The monoisotopic (exact) mass is 2370 g/mol. The summed E-state index contributed by atoms with van der Waals surface area (Å²) in [6.45, 7) is 41.8. The number of benzene rings is 10. The molecule has 0 unspecified atom stereocenters. The molecule has 3 aliphatic heterocycles. The van der Waals surface area contributed by atoms with Gasteiger partial charge in [0, 0.05) is 82.0 Å². The van der Waals surface area contributed by atoms with E-state index in [-0.39, 0.29) is 49.6 Å². The van der Waals surface area contributed by atoms with Crippen molar-refractivity contribution in [3.8, 4) is 113 Å². The number of halogens is 9. The van der Waals surface area contributed by atoms with Crippen molar-refractivity contribution < 1.29 is 104 Å². The summed E-state index contributed by atoms with van der Waals surface area (Å²) < 4.78 is 96.7. The number of hydrogen-bond acceptors (Lipinski definition) is 22. The Morgan fingerprint density at radius 2 is 0.547 bits per heavy atom. The Bertz CT molecular complexity index is 5340. The zero-order valence-electron chi connectivity index (χ0n) is 88.2. The van der Waals surface area contributed by atoms with Gasteiger partial charge in [0.05, 0.1) is 137 Å². The van der Waals surface area contributed by atoms with Gasteiger partial charge in [0.2, 0.25) is 0 Å². The third-order valence-corrected chi connectivity index (χ3v) is 33.5. The number of hydrogen-bond donors (Lipinski definition) is 5. The maximum absolute atomic E-state index is 9.51. The maximum atomic E-state index is 9.51. The summed E-state index contributed by atoms with van der Waals surface area (Å²) >= 11 is 52.4. The zero-order valence-corrected chi connectivity index (χ0v) is 98.6. The predicted molar refractivity (Wildman–Crippen MR) is 625 cm³/mol. The summed E-state index contributed by atoms with van der Waals surface area (Å²) in [5, 5.41) is 50.1. The van der Waals surface area contributed by atoms with Crippen LogP contribution in [0.15, 0.2) is 219 Å². The highest BCUT2D eigenvalue weighted by Crippen LogP contribution is 2.43. The molecule has 10 aromatic rings. The summed E-state index contributed by atoms with van der Waals surface area (Å²) in [5.74, 6) is 4.10. The lowest BCUT2D eigenvalue weighted by atomic mass is 9.84. The van der Waals surface area contributed by atoms with Gasteiger partial charge in [-0.3, -0.25) is 0 Å². The van der Waals surface area contributed by atoms with Crippen molar-refractivity contribution in [1.29, 1.82) is 0 Å². The molecule has 10 aromatic carbocycles. The van der Waals surface area contributed by atoms with E-state index in [1.807, 2.05) is 157 Å². The molecule has 3 aliphatic rings. The molecule has 0 amide bonds. The molecule has 0 saturated carbocycles. The lowest BCUT2D eigenvalue weighted by Crippen LogP contribution is -2.46. The second-order valence-corrected chi connectivity index (χ2v) is 44.3. The average Bonchev–Trinajstić information content (AvgIpc) is 0.808. The molecule has 0 atom stereocenters. The van der Waals surface area contributed by atoms with Gasteiger partial charge in [0.1, 0.15) is 57.5 Å². The quantitative estimate of drug-likeness (QED) is 0.00780. The van der Waals surface area contributed by atoms with E-state index < -0.39 is 18.3 Å². The number of alkyl halides is 1. The zero-order chi connectivity index (χ0) is 109. The van der Waals surface area contributed by atoms with E-state index in [0.717, 1.165) is 217 Å². The average molecular weight is 2380 g/mol. The van der Waals surface area contributed by atoms with Gasteiger partial charge in [0.15, 0.2) is 0 Å². The fourth-order valence-electron chi connectivity index (χ4n) is 15.0. The second-order valence-electron chi connectivity index (χ2n) is 35.9. The first-order valence-electron chi connectivity index (χ1n) is 51.8. The highest BCUT2D eigenvalue weighted by Gasteiger charge is 2.41. The van der Waals surface area contributed by atoms with Crippen LogP contribution in [0.25, 0.3) is 55.6 Å². The molecule has 22 nitrogen and oxygen atoms in total. The number of phenols is 5. The van der Waals surface area contributed by atoms with Crippen molar-refractivity contribution in [2.24, 2.45) is 16.2 Å². The predicted octanol–water partition coefficient (Wildman–Crippen LogP) is 32.5. The highest BCUT2D eigenvalue weighted by atomic mass is 127. The molecule has 33 heteroatoms. The summed E-state index contributed by atoms with van der Waals surface area (Å²) in [6.07, 6.45) is 20.4. The van der Waals surface area contributed by atoms with E-state index in [0.29, 0.717) is 157 Å². The van der Waals surface area contributed by atoms with Crippen LogP contribution in [-0.4, -0.2) is 200 Å². The van der Waals surface area contributed by atoms with Crippen molar-refractivity contribution in [1.82, 2.24) is 0 Å². The molecule has 150 heavy (non-hydrogen) atoms. The topological polar surface area (TPSA) is 258 Å². The molecule has 824 valence electrons. The summed E-state index contributed by atoms with van der Waals surface area (Å²) in [6, 6.07) is 58.5. The summed E-state index contributed by atoms with van der Waals surface area (Å²) in [7, 11) is -4.30. The minimum absolute atomic E-state index is 0.0373. The van der Waals surface area contributed by atoms with E-state index in [9.17, 15) is 15.3 Å². The Labute approximate surface area is 946 Å². The van der Waals surface area contributed by atoms with E-state index in [4.69, 9.17) is 182 Å². The number of phenolic OH excluding ortho intramolecular Hbond substituents is 5. The van der Waals surface area contributed by atoms with Gasteiger partial charge < -0.3 is 104 Å². The molecule has 0 bridgehead atoms. The van der Waals surface area contributed by atoms with Crippen molar-refractivity contribution in [3.05, 3.63) is 260 Å². The molecular formula is C117H153Cl8IO22Si2. The van der Waals surface area contributed by atoms with Crippen molar-refractivity contribution >= 4 is 134 Å². The van der Waals surface area contributed by atoms with Crippen molar-refractivity contribution in [2.75, 3.05) is 156 Å². The van der Waals surface area contributed by atoms with Gasteiger partial charge in [0.25, 0.3) is 0 Å². The second kappa shape index (κ2) is 73.2. The van der Waals surface area contributed by atoms with Crippen molar-refractivity contribution in [3.63, 3.8) is 0 Å².